The van der Waals surface area contributed by atoms with Gasteiger partial charge in [-0.2, -0.15) is 0 Å². The van der Waals surface area contributed by atoms with E-state index in [1.807, 2.05) is 24.3 Å². The zero-order valence-corrected chi connectivity index (χ0v) is 11.6. The number of aryl methyl sites for hydroxylation is 2. The van der Waals surface area contributed by atoms with Gasteiger partial charge in [-0.15, -0.1) is 10.2 Å². The summed E-state index contributed by atoms with van der Waals surface area (Å²) in [5.74, 6) is 1.37. The molecule has 7 nitrogen and oxygen atoms in total. The van der Waals surface area contributed by atoms with Crippen molar-refractivity contribution in [3.63, 3.8) is 0 Å². The minimum Gasteiger partial charge on any atom is -0.357 e. The number of nitrogens with one attached hydrogen (secondary N) is 2. The van der Waals surface area contributed by atoms with Gasteiger partial charge in [0, 0.05) is 18.1 Å². The number of H-pyrrole nitrogens is 1. The average Bonchev–Trinajstić information content (AvgIpc) is 3.03. The Kier molecular flexibility index (Phi) is 2.41. The quantitative estimate of drug-likeness (QED) is 0.588. The number of nitrogens with zero attached hydrogens (tertiary/aromatic N) is 5. The molecule has 0 spiro atoms. The highest BCUT2D eigenvalue weighted by molar-refractivity contribution is 5.88. The molecule has 4 heterocycles. The third kappa shape index (κ3) is 1.82. The molecule has 0 bridgehead atoms. The van der Waals surface area contributed by atoms with Gasteiger partial charge >= 0.3 is 0 Å². The fourth-order valence-electron chi connectivity index (χ4n) is 2.50. The Balaban J connectivity index is 1.98. The molecule has 4 rings (SSSR count). The van der Waals surface area contributed by atoms with Crippen LogP contribution in [0.15, 0.2) is 30.6 Å². The largest absolute Gasteiger partial charge is 0.357 e. The minimum absolute atomic E-state index is 0.530. The highest BCUT2D eigenvalue weighted by atomic mass is 15.3. The molecule has 0 unspecified atom stereocenters. The lowest BCUT2D eigenvalue weighted by molar-refractivity contribution is 1.02. The molecule has 2 N–H and O–H groups in total. The van der Waals surface area contributed by atoms with Crippen LogP contribution in [0.3, 0.4) is 0 Å². The second-order valence-corrected chi connectivity index (χ2v) is 4.91. The number of aromatic amines is 1. The highest BCUT2D eigenvalue weighted by Gasteiger charge is 2.13. The summed E-state index contributed by atoms with van der Waals surface area (Å²) in [6.45, 7) is 3.96. The van der Waals surface area contributed by atoms with E-state index in [9.17, 15) is 0 Å². The lowest BCUT2D eigenvalue weighted by Gasteiger charge is -2.07. The molecule has 21 heavy (non-hydrogen) atoms. The lowest BCUT2D eigenvalue weighted by atomic mass is 10.3. The van der Waals surface area contributed by atoms with Crippen molar-refractivity contribution in [2.75, 3.05) is 5.32 Å². The van der Waals surface area contributed by atoms with Crippen molar-refractivity contribution in [2.24, 2.45) is 0 Å². The molecule has 0 aliphatic heterocycles. The van der Waals surface area contributed by atoms with Gasteiger partial charge in [0.05, 0.1) is 16.7 Å². The first kappa shape index (κ1) is 11.8. The van der Waals surface area contributed by atoms with E-state index in [0.717, 1.165) is 33.9 Å². The van der Waals surface area contributed by atoms with Crippen LogP contribution in [0.1, 0.15) is 11.5 Å². The molecule has 0 aliphatic carbocycles. The van der Waals surface area contributed by atoms with Crippen LogP contribution >= 0.6 is 0 Å². The van der Waals surface area contributed by atoms with Crippen LogP contribution in [-0.4, -0.2) is 29.5 Å². The van der Waals surface area contributed by atoms with E-state index in [2.05, 4.69) is 36.5 Å². The Morgan fingerprint density at radius 1 is 1.10 bits per heavy atom. The molecule has 0 saturated carbocycles. The predicted octanol–water partition coefficient (Wildman–Crippen LogP) is 2.36. The van der Waals surface area contributed by atoms with Crippen molar-refractivity contribution < 1.29 is 0 Å². The van der Waals surface area contributed by atoms with E-state index in [0.29, 0.717) is 5.95 Å². The molecule has 4 aromatic heterocycles. The zero-order chi connectivity index (χ0) is 14.4. The molecule has 0 atom stereocenters. The first-order chi connectivity index (χ1) is 10.2. The van der Waals surface area contributed by atoms with Gasteiger partial charge in [0.2, 0.25) is 5.95 Å². The van der Waals surface area contributed by atoms with Crippen LogP contribution in [-0.2, 0) is 0 Å². The maximum Gasteiger partial charge on any atom is 0.227 e. The van der Waals surface area contributed by atoms with Crippen LogP contribution in [0.4, 0.5) is 11.6 Å². The Morgan fingerprint density at radius 2 is 1.90 bits per heavy atom. The second-order valence-electron chi connectivity index (χ2n) is 4.91. The number of fused-ring (bicyclic) bond motifs is 3. The topological polar surface area (TPSA) is 83.8 Å². The van der Waals surface area contributed by atoms with Gasteiger partial charge in [0.25, 0.3) is 0 Å². The molecule has 0 radical (unpaired) electrons. The van der Waals surface area contributed by atoms with Crippen molar-refractivity contribution in [3.05, 3.63) is 42.1 Å². The van der Waals surface area contributed by atoms with Gasteiger partial charge in [0.1, 0.15) is 5.82 Å². The minimum atomic E-state index is 0.530. The van der Waals surface area contributed by atoms with Gasteiger partial charge in [-0.3, -0.25) is 4.40 Å². The van der Waals surface area contributed by atoms with Gasteiger partial charge in [-0.05, 0) is 32.0 Å². The smallest absolute Gasteiger partial charge is 0.227 e. The average molecular weight is 279 g/mol. The molecule has 0 aliphatic rings. The lowest BCUT2D eigenvalue weighted by Crippen LogP contribution is -1.99. The number of rotatable bonds is 2. The van der Waals surface area contributed by atoms with Crippen molar-refractivity contribution >= 4 is 28.3 Å². The Bertz CT molecular complexity index is 936. The molecule has 104 valence electrons. The summed E-state index contributed by atoms with van der Waals surface area (Å²) in [6, 6.07) is 5.86. The fraction of sp³-hybridized carbons (Fsp3) is 0.143. The molecule has 0 saturated heterocycles. The van der Waals surface area contributed by atoms with Crippen LogP contribution in [0.2, 0.25) is 0 Å². The van der Waals surface area contributed by atoms with E-state index < -0.39 is 0 Å². The van der Waals surface area contributed by atoms with Crippen molar-refractivity contribution in [3.8, 4) is 0 Å². The molecular weight excluding hydrogens is 266 g/mol. The highest BCUT2D eigenvalue weighted by Crippen LogP contribution is 2.26. The number of aromatic nitrogens is 6. The number of hydrogen-bond donors (Lipinski definition) is 2. The van der Waals surface area contributed by atoms with E-state index in [1.165, 1.54) is 0 Å². The molecule has 7 heteroatoms. The summed E-state index contributed by atoms with van der Waals surface area (Å²) in [6.07, 6.45) is 3.39. The standard InChI is InChI=1S/C14H13N7/c1-8-6-12-10(17-8)7-11(13-20-19-9(2)21(12)13)18-14-15-4-3-5-16-14/h3-7,17H,1-2H3,(H,15,16,18). The van der Waals surface area contributed by atoms with Gasteiger partial charge < -0.3 is 10.3 Å². The van der Waals surface area contributed by atoms with Crippen LogP contribution in [0.5, 0.6) is 0 Å². The molecular formula is C14H13N7. The monoisotopic (exact) mass is 279 g/mol. The van der Waals surface area contributed by atoms with E-state index in [4.69, 9.17) is 0 Å². The van der Waals surface area contributed by atoms with Crippen molar-refractivity contribution in [1.29, 1.82) is 0 Å². The number of anilines is 2. The van der Waals surface area contributed by atoms with Crippen LogP contribution in [0.25, 0.3) is 16.7 Å². The fourth-order valence-corrected chi connectivity index (χ4v) is 2.50. The summed E-state index contributed by atoms with van der Waals surface area (Å²) >= 11 is 0. The van der Waals surface area contributed by atoms with Crippen molar-refractivity contribution in [2.45, 2.75) is 13.8 Å². The predicted molar refractivity (Wildman–Crippen MR) is 79.6 cm³/mol. The molecule has 0 aromatic carbocycles. The Labute approximate surface area is 120 Å². The Hall–Kier alpha value is -2.96. The first-order valence-corrected chi connectivity index (χ1v) is 6.60. The molecule has 4 aromatic rings. The van der Waals surface area contributed by atoms with Crippen LogP contribution in [0, 0.1) is 13.8 Å². The zero-order valence-electron chi connectivity index (χ0n) is 11.6. The summed E-state index contributed by atoms with van der Waals surface area (Å²) < 4.78 is 2.02. The first-order valence-electron chi connectivity index (χ1n) is 6.60. The van der Waals surface area contributed by atoms with Crippen LogP contribution < -0.4 is 5.32 Å². The van der Waals surface area contributed by atoms with Gasteiger partial charge in [-0.25, -0.2) is 9.97 Å². The van der Waals surface area contributed by atoms with Crippen molar-refractivity contribution in [1.82, 2.24) is 29.5 Å². The van der Waals surface area contributed by atoms with Gasteiger partial charge in [0.15, 0.2) is 5.65 Å². The number of hydrogen-bond acceptors (Lipinski definition) is 5. The van der Waals surface area contributed by atoms with E-state index in [-0.39, 0.29) is 0 Å². The van der Waals surface area contributed by atoms with E-state index in [1.54, 1.807) is 18.5 Å². The number of pyridine rings is 1. The SMILES string of the molecule is Cc1cc2c(cc(Nc3ncccn3)c3nnc(C)n32)[nH]1. The van der Waals surface area contributed by atoms with E-state index >= 15 is 0 Å². The maximum atomic E-state index is 4.25. The summed E-state index contributed by atoms with van der Waals surface area (Å²) in [5, 5.41) is 11.6. The summed E-state index contributed by atoms with van der Waals surface area (Å²) in [7, 11) is 0. The molecule has 0 amide bonds. The summed E-state index contributed by atoms with van der Waals surface area (Å²) in [5.41, 5.74) is 4.74. The summed E-state index contributed by atoms with van der Waals surface area (Å²) in [4.78, 5) is 11.7. The Morgan fingerprint density at radius 3 is 2.71 bits per heavy atom. The normalized spacial score (nSPS) is 11.3. The van der Waals surface area contributed by atoms with Gasteiger partial charge in [-0.1, -0.05) is 0 Å². The third-order valence-corrected chi connectivity index (χ3v) is 3.37. The second kappa shape index (κ2) is 4.27. The molecule has 0 fully saturated rings. The maximum absolute atomic E-state index is 4.25. The third-order valence-electron chi connectivity index (χ3n) is 3.37.